The summed E-state index contributed by atoms with van der Waals surface area (Å²) in [7, 11) is 5.89. The van der Waals surface area contributed by atoms with Gasteiger partial charge in [0, 0.05) is 32.6 Å². The number of guanidine groups is 1. The van der Waals surface area contributed by atoms with Crippen LogP contribution in [0.4, 0.5) is 0 Å². The first-order valence-corrected chi connectivity index (χ1v) is 8.65. The maximum atomic E-state index is 4.31. The van der Waals surface area contributed by atoms with Crippen LogP contribution in [0.2, 0.25) is 0 Å². The number of nitrogens with zero attached hydrogens (tertiary/aromatic N) is 3. The van der Waals surface area contributed by atoms with Gasteiger partial charge < -0.3 is 10.2 Å². The highest BCUT2D eigenvalue weighted by molar-refractivity contribution is 14.0. The normalized spacial score (nSPS) is 18.6. The predicted octanol–water partition coefficient (Wildman–Crippen LogP) is 3.28. The van der Waals surface area contributed by atoms with Crippen LogP contribution in [0.15, 0.2) is 22.5 Å². The zero-order chi connectivity index (χ0) is 15.2. The molecule has 1 aromatic heterocycles. The molecule has 1 unspecified atom stereocenters. The molecule has 1 aliphatic heterocycles. The molecule has 1 N–H and O–H groups in total. The van der Waals surface area contributed by atoms with E-state index < -0.39 is 0 Å². The fourth-order valence-corrected chi connectivity index (χ4v) is 3.72. The Balaban J connectivity index is 0.00000242. The largest absolute Gasteiger partial charge is 0.354 e. The number of rotatable bonds is 4. The molecule has 0 saturated carbocycles. The molecule has 2 rings (SSSR count). The SMILES string of the molecule is CN=C(NCC(c1cccs1)N1CCC(C)CC1)N(C)C.I. The van der Waals surface area contributed by atoms with Crippen LogP contribution in [-0.4, -0.2) is 56.5 Å². The number of likely N-dealkylation sites (tertiary alicyclic amines) is 1. The van der Waals surface area contributed by atoms with Crippen LogP contribution in [0.25, 0.3) is 0 Å². The van der Waals surface area contributed by atoms with E-state index in [4.69, 9.17) is 0 Å². The van der Waals surface area contributed by atoms with Gasteiger partial charge in [-0.25, -0.2) is 0 Å². The highest BCUT2D eigenvalue weighted by Gasteiger charge is 2.25. The van der Waals surface area contributed by atoms with Crippen molar-refractivity contribution in [1.29, 1.82) is 0 Å². The second-order valence-corrected chi connectivity index (χ2v) is 7.05. The van der Waals surface area contributed by atoms with Crippen molar-refractivity contribution in [3.8, 4) is 0 Å². The summed E-state index contributed by atoms with van der Waals surface area (Å²) in [6.07, 6.45) is 2.62. The minimum atomic E-state index is 0. The first-order chi connectivity index (χ1) is 10.1. The molecule has 0 bridgehead atoms. The van der Waals surface area contributed by atoms with E-state index in [1.54, 1.807) is 0 Å². The van der Waals surface area contributed by atoms with Gasteiger partial charge in [0.15, 0.2) is 5.96 Å². The van der Waals surface area contributed by atoms with Gasteiger partial charge in [0.25, 0.3) is 0 Å². The molecule has 0 amide bonds. The van der Waals surface area contributed by atoms with Crippen LogP contribution in [0.5, 0.6) is 0 Å². The summed E-state index contributed by atoms with van der Waals surface area (Å²) in [6.45, 7) is 5.68. The van der Waals surface area contributed by atoms with E-state index in [0.29, 0.717) is 6.04 Å². The van der Waals surface area contributed by atoms with Crippen molar-refractivity contribution in [2.45, 2.75) is 25.8 Å². The average Bonchev–Trinajstić information content (AvgIpc) is 2.98. The zero-order valence-electron chi connectivity index (χ0n) is 14.1. The molecule has 0 spiro atoms. The summed E-state index contributed by atoms with van der Waals surface area (Å²) in [6, 6.07) is 4.86. The van der Waals surface area contributed by atoms with E-state index in [9.17, 15) is 0 Å². The van der Waals surface area contributed by atoms with Gasteiger partial charge in [-0.2, -0.15) is 0 Å². The smallest absolute Gasteiger partial charge is 0.193 e. The Hall–Kier alpha value is -0.340. The second kappa shape index (κ2) is 9.72. The van der Waals surface area contributed by atoms with Gasteiger partial charge in [-0.1, -0.05) is 13.0 Å². The molecule has 126 valence electrons. The molecule has 1 atom stereocenters. The molecule has 0 aliphatic carbocycles. The second-order valence-electron chi connectivity index (χ2n) is 6.07. The molecule has 4 nitrogen and oxygen atoms in total. The highest BCUT2D eigenvalue weighted by atomic mass is 127. The standard InChI is InChI=1S/C16H28N4S.HI/c1-13-7-9-20(10-8-13)14(15-6-5-11-21-15)12-18-16(17-2)19(3)4;/h5-6,11,13-14H,7-10,12H2,1-4H3,(H,17,18);1H. The third-order valence-electron chi connectivity index (χ3n) is 4.22. The molecular weight excluding hydrogens is 407 g/mol. The van der Waals surface area contributed by atoms with Gasteiger partial charge in [0.2, 0.25) is 0 Å². The van der Waals surface area contributed by atoms with Gasteiger partial charge in [0.05, 0.1) is 6.04 Å². The lowest BCUT2D eigenvalue weighted by Crippen LogP contribution is -2.44. The summed E-state index contributed by atoms with van der Waals surface area (Å²) in [5.41, 5.74) is 0. The van der Waals surface area contributed by atoms with Crippen molar-refractivity contribution >= 4 is 41.3 Å². The van der Waals surface area contributed by atoms with Crippen LogP contribution < -0.4 is 5.32 Å². The molecule has 0 aromatic carbocycles. The van der Waals surface area contributed by atoms with E-state index in [0.717, 1.165) is 18.4 Å². The number of thiophene rings is 1. The fraction of sp³-hybridized carbons (Fsp3) is 0.688. The Morgan fingerprint density at radius 2 is 2.14 bits per heavy atom. The van der Waals surface area contributed by atoms with Gasteiger partial charge in [0.1, 0.15) is 0 Å². The number of hydrogen-bond donors (Lipinski definition) is 1. The van der Waals surface area contributed by atoms with E-state index >= 15 is 0 Å². The zero-order valence-corrected chi connectivity index (χ0v) is 17.2. The number of aliphatic imine (C=N–C) groups is 1. The van der Waals surface area contributed by atoms with Crippen LogP contribution in [0.1, 0.15) is 30.7 Å². The Morgan fingerprint density at radius 3 is 2.64 bits per heavy atom. The first-order valence-electron chi connectivity index (χ1n) is 7.77. The van der Waals surface area contributed by atoms with Crippen molar-refractivity contribution in [1.82, 2.24) is 15.1 Å². The molecule has 6 heteroatoms. The predicted molar refractivity (Wildman–Crippen MR) is 107 cm³/mol. The van der Waals surface area contributed by atoms with Crippen molar-refractivity contribution in [2.24, 2.45) is 10.9 Å². The third-order valence-corrected chi connectivity index (χ3v) is 5.19. The van der Waals surface area contributed by atoms with Gasteiger partial charge in [-0.15, -0.1) is 35.3 Å². The molecule has 1 saturated heterocycles. The number of nitrogens with one attached hydrogen (secondary N) is 1. The highest BCUT2D eigenvalue weighted by Crippen LogP contribution is 2.29. The molecule has 1 aromatic rings. The Bertz CT molecular complexity index is 439. The lowest BCUT2D eigenvalue weighted by Gasteiger charge is -2.36. The third kappa shape index (κ3) is 5.38. The van der Waals surface area contributed by atoms with Crippen molar-refractivity contribution in [3.63, 3.8) is 0 Å². The maximum absolute atomic E-state index is 4.31. The minimum absolute atomic E-state index is 0. The van der Waals surface area contributed by atoms with Gasteiger partial charge >= 0.3 is 0 Å². The maximum Gasteiger partial charge on any atom is 0.193 e. The van der Waals surface area contributed by atoms with Crippen LogP contribution >= 0.6 is 35.3 Å². The van der Waals surface area contributed by atoms with Crippen LogP contribution in [0, 0.1) is 5.92 Å². The molecule has 0 radical (unpaired) electrons. The van der Waals surface area contributed by atoms with E-state index in [1.165, 1.54) is 30.8 Å². The Kier molecular flexibility index (Phi) is 8.71. The number of piperidine rings is 1. The topological polar surface area (TPSA) is 30.9 Å². The van der Waals surface area contributed by atoms with Crippen molar-refractivity contribution < 1.29 is 0 Å². The summed E-state index contributed by atoms with van der Waals surface area (Å²) in [5, 5.41) is 5.68. The van der Waals surface area contributed by atoms with Gasteiger partial charge in [-0.05, 0) is 43.3 Å². The number of hydrogen-bond acceptors (Lipinski definition) is 3. The van der Waals surface area contributed by atoms with Crippen molar-refractivity contribution in [3.05, 3.63) is 22.4 Å². The summed E-state index contributed by atoms with van der Waals surface area (Å²) in [4.78, 5) is 10.4. The van der Waals surface area contributed by atoms with E-state index in [1.807, 2.05) is 37.4 Å². The van der Waals surface area contributed by atoms with E-state index in [-0.39, 0.29) is 24.0 Å². The lowest BCUT2D eigenvalue weighted by molar-refractivity contribution is 0.140. The number of halogens is 1. The monoisotopic (exact) mass is 436 g/mol. The van der Waals surface area contributed by atoms with Crippen LogP contribution in [0.3, 0.4) is 0 Å². The molecule has 22 heavy (non-hydrogen) atoms. The van der Waals surface area contributed by atoms with E-state index in [2.05, 4.69) is 39.6 Å². The summed E-state index contributed by atoms with van der Waals surface area (Å²) < 4.78 is 0. The average molecular weight is 436 g/mol. The molecule has 1 aliphatic rings. The Labute approximate surface area is 156 Å². The summed E-state index contributed by atoms with van der Waals surface area (Å²) in [5.74, 6) is 1.81. The first kappa shape index (κ1) is 19.7. The minimum Gasteiger partial charge on any atom is -0.354 e. The lowest BCUT2D eigenvalue weighted by atomic mass is 9.97. The quantitative estimate of drug-likeness (QED) is 0.447. The molecule has 1 fully saturated rings. The molecule has 2 heterocycles. The van der Waals surface area contributed by atoms with Gasteiger partial charge in [-0.3, -0.25) is 9.89 Å². The van der Waals surface area contributed by atoms with Crippen LogP contribution in [-0.2, 0) is 0 Å². The Morgan fingerprint density at radius 1 is 1.45 bits per heavy atom. The molecular formula is C16H29IN4S. The fourth-order valence-electron chi connectivity index (χ4n) is 2.86. The van der Waals surface area contributed by atoms with Crippen molar-refractivity contribution in [2.75, 3.05) is 40.8 Å². The summed E-state index contributed by atoms with van der Waals surface area (Å²) >= 11 is 1.86.